The number of hydrogen-bond acceptors (Lipinski definition) is 5. The highest BCUT2D eigenvalue weighted by Crippen LogP contribution is 2.24. The predicted octanol–water partition coefficient (Wildman–Crippen LogP) is 1.38. The first-order chi connectivity index (χ1) is 9.82. The zero-order chi connectivity index (χ0) is 15.6. The van der Waals surface area contributed by atoms with Crippen LogP contribution in [0.25, 0.3) is 0 Å². The van der Waals surface area contributed by atoms with Crippen molar-refractivity contribution in [2.24, 2.45) is 0 Å². The van der Waals surface area contributed by atoms with Gasteiger partial charge < -0.3 is 15.3 Å². The number of furan rings is 1. The van der Waals surface area contributed by atoms with Gasteiger partial charge in [0.1, 0.15) is 10.7 Å². The van der Waals surface area contributed by atoms with Gasteiger partial charge in [-0.25, -0.2) is 13.2 Å². The van der Waals surface area contributed by atoms with E-state index in [-0.39, 0.29) is 22.7 Å². The molecule has 0 aliphatic rings. The standard InChI is InChI=1S/C13H14N2O5S/c1-15(8-10-3-2-6-20-10)21(18,19)12-5-4-9(13(16)17)7-11(12)14/h2-7H,8,14H2,1H3,(H,16,17). The van der Waals surface area contributed by atoms with Crippen LogP contribution in [-0.4, -0.2) is 30.8 Å². The molecular formula is C13H14N2O5S. The van der Waals surface area contributed by atoms with E-state index in [1.165, 1.54) is 25.4 Å². The lowest BCUT2D eigenvalue weighted by Gasteiger charge is -2.17. The van der Waals surface area contributed by atoms with Gasteiger partial charge in [0.25, 0.3) is 0 Å². The summed E-state index contributed by atoms with van der Waals surface area (Å²) in [5.41, 5.74) is 5.48. The van der Waals surface area contributed by atoms with Crippen LogP contribution < -0.4 is 5.73 Å². The summed E-state index contributed by atoms with van der Waals surface area (Å²) in [4.78, 5) is 10.7. The topological polar surface area (TPSA) is 114 Å². The van der Waals surface area contributed by atoms with E-state index in [9.17, 15) is 13.2 Å². The summed E-state index contributed by atoms with van der Waals surface area (Å²) in [6.45, 7) is 0.0510. The molecule has 0 amide bonds. The van der Waals surface area contributed by atoms with Crippen LogP contribution in [0.15, 0.2) is 45.9 Å². The van der Waals surface area contributed by atoms with Gasteiger partial charge in [-0.3, -0.25) is 0 Å². The van der Waals surface area contributed by atoms with Crippen molar-refractivity contribution >= 4 is 21.7 Å². The molecule has 0 aliphatic heterocycles. The number of nitrogens with zero attached hydrogens (tertiary/aromatic N) is 1. The third-order valence-electron chi connectivity index (χ3n) is 2.90. The van der Waals surface area contributed by atoms with Crippen LogP contribution in [0.1, 0.15) is 16.1 Å². The molecule has 0 saturated heterocycles. The molecule has 7 nitrogen and oxygen atoms in total. The Morgan fingerprint density at radius 1 is 1.38 bits per heavy atom. The highest BCUT2D eigenvalue weighted by Gasteiger charge is 2.24. The normalized spacial score (nSPS) is 11.7. The number of carboxylic acid groups (broad SMARTS) is 1. The van der Waals surface area contributed by atoms with Gasteiger partial charge in [0.2, 0.25) is 10.0 Å². The highest BCUT2D eigenvalue weighted by atomic mass is 32.2. The minimum atomic E-state index is -3.83. The predicted molar refractivity (Wildman–Crippen MR) is 75.2 cm³/mol. The Balaban J connectivity index is 2.33. The fraction of sp³-hybridized carbons (Fsp3) is 0.154. The lowest BCUT2D eigenvalue weighted by atomic mass is 10.2. The lowest BCUT2D eigenvalue weighted by molar-refractivity contribution is 0.0697. The minimum absolute atomic E-state index is 0.0510. The Labute approximate surface area is 121 Å². The van der Waals surface area contributed by atoms with Gasteiger partial charge in [0.05, 0.1) is 24.1 Å². The number of anilines is 1. The van der Waals surface area contributed by atoms with E-state index in [2.05, 4.69) is 0 Å². The Kier molecular flexibility index (Phi) is 4.01. The number of nitrogens with two attached hydrogens (primary N) is 1. The van der Waals surface area contributed by atoms with Crippen LogP contribution in [0.5, 0.6) is 0 Å². The maximum atomic E-state index is 12.4. The molecule has 1 aromatic carbocycles. The number of carbonyl (C=O) groups is 1. The quantitative estimate of drug-likeness (QED) is 0.806. The van der Waals surface area contributed by atoms with Crippen LogP contribution in [0.3, 0.4) is 0 Å². The van der Waals surface area contributed by atoms with Crippen molar-refractivity contribution in [3.63, 3.8) is 0 Å². The monoisotopic (exact) mass is 310 g/mol. The molecule has 1 aromatic heterocycles. The third kappa shape index (κ3) is 3.06. The summed E-state index contributed by atoms with van der Waals surface area (Å²) < 4.78 is 31.0. The molecule has 0 atom stereocenters. The number of benzene rings is 1. The van der Waals surface area contributed by atoms with Crippen molar-refractivity contribution < 1.29 is 22.7 Å². The Morgan fingerprint density at radius 3 is 2.62 bits per heavy atom. The molecule has 0 bridgehead atoms. The van der Waals surface area contributed by atoms with Crippen molar-refractivity contribution in [3.8, 4) is 0 Å². The van der Waals surface area contributed by atoms with Crippen molar-refractivity contribution in [3.05, 3.63) is 47.9 Å². The summed E-state index contributed by atoms with van der Waals surface area (Å²) in [6, 6.07) is 6.82. The third-order valence-corrected chi connectivity index (χ3v) is 4.78. The lowest BCUT2D eigenvalue weighted by Crippen LogP contribution is -2.27. The van der Waals surface area contributed by atoms with Gasteiger partial charge in [0, 0.05) is 7.05 Å². The minimum Gasteiger partial charge on any atom is -0.478 e. The van der Waals surface area contributed by atoms with Crippen LogP contribution in [0.4, 0.5) is 5.69 Å². The summed E-state index contributed by atoms with van der Waals surface area (Å²) in [5, 5.41) is 8.86. The van der Waals surface area contributed by atoms with E-state index in [0.29, 0.717) is 5.76 Å². The Morgan fingerprint density at radius 2 is 2.10 bits per heavy atom. The van der Waals surface area contributed by atoms with Gasteiger partial charge in [-0.2, -0.15) is 4.31 Å². The molecular weight excluding hydrogens is 296 g/mol. The van der Waals surface area contributed by atoms with Crippen molar-refractivity contribution in [2.45, 2.75) is 11.4 Å². The highest BCUT2D eigenvalue weighted by molar-refractivity contribution is 7.89. The first-order valence-electron chi connectivity index (χ1n) is 5.94. The van der Waals surface area contributed by atoms with Gasteiger partial charge in [-0.05, 0) is 30.3 Å². The smallest absolute Gasteiger partial charge is 0.335 e. The molecule has 2 aromatic rings. The van der Waals surface area contributed by atoms with Gasteiger partial charge in [0.15, 0.2) is 0 Å². The van der Waals surface area contributed by atoms with E-state index < -0.39 is 16.0 Å². The van der Waals surface area contributed by atoms with Crippen LogP contribution >= 0.6 is 0 Å². The van der Waals surface area contributed by atoms with E-state index in [1.54, 1.807) is 12.1 Å². The zero-order valence-corrected chi connectivity index (χ0v) is 12.0. The van der Waals surface area contributed by atoms with Gasteiger partial charge in [-0.1, -0.05) is 0 Å². The second-order valence-electron chi connectivity index (χ2n) is 4.40. The fourth-order valence-corrected chi connectivity index (χ4v) is 3.02. The second kappa shape index (κ2) is 5.58. The molecule has 1 heterocycles. The number of rotatable bonds is 5. The molecule has 21 heavy (non-hydrogen) atoms. The molecule has 0 fully saturated rings. The van der Waals surface area contributed by atoms with Crippen LogP contribution in [-0.2, 0) is 16.6 Å². The van der Waals surface area contributed by atoms with Crippen molar-refractivity contribution in [2.75, 3.05) is 12.8 Å². The van der Waals surface area contributed by atoms with Gasteiger partial charge >= 0.3 is 5.97 Å². The molecule has 0 saturated carbocycles. The molecule has 0 radical (unpaired) electrons. The average Bonchev–Trinajstić information content (AvgIpc) is 2.90. The maximum Gasteiger partial charge on any atom is 0.335 e. The largest absolute Gasteiger partial charge is 0.478 e. The number of carboxylic acids is 1. The summed E-state index contributed by atoms with van der Waals surface area (Å²) in [5.74, 6) is -0.684. The molecule has 0 aliphatic carbocycles. The zero-order valence-electron chi connectivity index (χ0n) is 11.2. The number of sulfonamides is 1. The Bertz CT molecular complexity index is 753. The first kappa shape index (κ1) is 15.1. The fourth-order valence-electron chi connectivity index (χ4n) is 1.79. The second-order valence-corrected chi connectivity index (χ2v) is 6.41. The van der Waals surface area contributed by atoms with E-state index in [0.717, 1.165) is 10.4 Å². The number of hydrogen-bond donors (Lipinski definition) is 2. The molecule has 2 rings (SSSR count). The number of nitrogen functional groups attached to an aromatic ring is 1. The molecule has 8 heteroatoms. The number of aromatic carboxylic acids is 1. The van der Waals surface area contributed by atoms with Gasteiger partial charge in [-0.15, -0.1) is 0 Å². The summed E-state index contributed by atoms with van der Waals surface area (Å²) in [7, 11) is -2.44. The maximum absolute atomic E-state index is 12.4. The average molecular weight is 310 g/mol. The van der Waals surface area contributed by atoms with E-state index in [1.807, 2.05) is 0 Å². The molecule has 3 N–H and O–H groups in total. The molecule has 112 valence electrons. The van der Waals surface area contributed by atoms with E-state index >= 15 is 0 Å². The first-order valence-corrected chi connectivity index (χ1v) is 7.38. The van der Waals surface area contributed by atoms with E-state index in [4.69, 9.17) is 15.3 Å². The molecule has 0 spiro atoms. The van der Waals surface area contributed by atoms with Crippen LogP contribution in [0.2, 0.25) is 0 Å². The summed E-state index contributed by atoms with van der Waals surface area (Å²) in [6.07, 6.45) is 1.45. The van der Waals surface area contributed by atoms with Crippen molar-refractivity contribution in [1.82, 2.24) is 4.31 Å². The van der Waals surface area contributed by atoms with Crippen molar-refractivity contribution in [1.29, 1.82) is 0 Å². The SMILES string of the molecule is CN(Cc1ccco1)S(=O)(=O)c1ccc(C(=O)O)cc1N. The summed E-state index contributed by atoms with van der Waals surface area (Å²) >= 11 is 0. The van der Waals surface area contributed by atoms with Crippen LogP contribution in [0, 0.1) is 0 Å². The molecule has 0 unspecified atom stereocenters. The Hall–Kier alpha value is -2.32.